The van der Waals surface area contributed by atoms with Crippen LogP contribution in [-0.4, -0.2) is 48.4 Å². The van der Waals surface area contributed by atoms with Crippen molar-refractivity contribution >= 4 is 19.1 Å². The van der Waals surface area contributed by atoms with E-state index >= 15 is 0 Å². The Morgan fingerprint density at radius 3 is 1.63 bits per heavy atom. The molecule has 0 radical (unpaired) electrons. The molecule has 0 spiro atoms. The fraction of sp³-hybridized carbons (Fsp3) is 0.788. The summed E-state index contributed by atoms with van der Waals surface area (Å²) < 4.78 is 13.4. The van der Waals surface area contributed by atoms with Crippen molar-refractivity contribution < 1.29 is 9.26 Å². The highest BCUT2D eigenvalue weighted by Crippen LogP contribution is 2.51. The second-order valence-corrected chi connectivity index (χ2v) is 20.2. The van der Waals surface area contributed by atoms with Crippen LogP contribution >= 0.6 is 8.15 Å². The number of aromatic nitrogens is 1. The highest BCUT2D eigenvalue weighted by atomic mass is 31.1. The Kier molecular flexibility index (Phi) is 25.8. The average Bonchev–Trinajstić information content (AvgIpc) is 3.25. The topological polar surface area (TPSA) is 34.6 Å². The molecule has 0 N–H and O–H groups in total. The smallest absolute Gasteiger partial charge is 0.119 e. The van der Waals surface area contributed by atoms with Gasteiger partial charge in [0.05, 0.1) is 12.6 Å². The van der Waals surface area contributed by atoms with Crippen molar-refractivity contribution in [1.82, 2.24) is 9.88 Å². The number of nitrogens with zero attached hydrogens (tertiary/aromatic N) is 2. The first-order valence-corrected chi connectivity index (χ1v) is 26.5. The van der Waals surface area contributed by atoms with E-state index in [0.29, 0.717) is 17.9 Å². The molecule has 5 atom stereocenters. The standard InChI is InChI=1S/C52H89N2O2P/c1-5-8-10-12-14-16-18-20-22-24-26-28-30-32-40-57(41-33-31-29-27-25-23-21-19-17-15-13-11-9-6-2)56-52(51-42-46-37-39-54(51)44-45(46)7-3)48-36-38-53-50-35-34-47(55-4)43-49(48)50/h7,34-36,38,43,45-46,51-52H,3,5-6,8-33,37,39-42,44H2,1-2,4H3/t45?,46-,51?,52?/m1/s1. The van der Waals surface area contributed by atoms with Gasteiger partial charge in [0.1, 0.15) is 11.9 Å². The number of unbranched alkanes of at least 4 members (excludes halogenated alkanes) is 26. The number of benzene rings is 1. The molecule has 4 nitrogen and oxygen atoms in total. The summed E-state index contributed by atoms with van der Waals surface area (Å²) in [6.07, 6.45) is 48.8. The second kappa shape index (κ2) is 30.5. The molecular weight excluding hydrogens is 716 g/mol. The minimum atomic E-state index is -0.519. The summed E-state index contributed by atoms with van der Waals surface area (Å²) in [5.41, 5.74) is 2.37. The van der Waals surface area contributed by atoms with Gasteiger partial charge in [-0.3, -0.25) is 9.88 Å². The van der Waals surface area contributed by atoms with E-state index in [-0.39, 0.29) is 6.10 Å². The molecule has 324 valence electrons. The van der Waals surface area contributed by atoms with E-state index in [2.05, 4.69) is 49.6 Å². The van der Waals surface area contributed by atoms with Crippen LogP contribution in [-0.2, 0) is 4.52 Å². The van der Waals surface area contributed by atoms with Gasteiger partial charge in [-0.1, -0.05) is 187 Å². The maximum atomic E-state index is 7.63. The Balaban J connectivity index is 1.30. The van der Waals surface area contributed by atoms with Crippen LogP contribution in [0, 0.1) is 11.8 Å². The van der Waals surface area contributed by atoms with Crippen molar-refractivity contribution in [2.75, 3.05) is 32.5 Å². The van der Waals surface area contributed by atoms with Crippen LogP contribution in [0.2, 0.25) is 0 Å². The monoisotopic (exact) mass is 805 g/mol. The van der Waals surface area contributed by atoms with Gasteiger partial charge < -0.3 is 9.26 Å². The molecule has 1 aromatic heterocycles. The SMILES string of the molecule is C=CC1CN2CC[C@@H]1CC2C(OP(CCCCCCCCCCCCCCCC)CCCCCCCCCCCCCCCC)c1ccnc2ccc(OC)cc12. The first kappa shape index (κ1) is 48.2. The number of ether oxygens (including phenoxy) is 1. The molecule has 3 fully saturated rings. The van der Waals surface area contributed by atoms with Gasteiger partial charge in [0.15, 0.2) is 0 Å². The Labute approximate surface area is 354 Å². The van der Waals surface area contributed by atoms with E-state index in [0.717, 1.165) is 17.8 Å². The molecule has 1 aromatic carbocycles. The number of hydrogen-bond acceptors (Lipinski definition) is 4. The summed E-state index contributed by atoms with van der Waals surface area (Å²) in [7, 11) is 1.26. The minimum Gasteiger partial charge on any atom is -0.497 e. The first-order chi connectivity index (χ1) is 28.2. The maximum Gasteiger partial charge on any atom is 0.119 e. The van der Waals surface area contributed by atoms with E-state index in [1.165, 1.54) is 222 Å². The number of hydrogen-bond donors (Lipinski definition) is 0. The van der Waals surface area contributed by atoms with E-state index in [4.69, 9.17) is 14.2 Å². The van der Waals surface area contributed by atoms with Crippen molar-refractivity contribution in [3.63, 3.8) is 0 Å². The van der Waals surface area contributed by atoms with E-state index < -0.39 is 8.15 Å². The largest absolute Gasteiger partial charge is 0.497 e. The van der Waals surface area contributed by atoms with Crippen molar-refractivity contribution in [2.24, 2.45) is 11.8 Å². The van der Waals surface area contributed by atoms with Crippen molar-refractivity contribution in [3.05, 3.63) is 48.7 Å². The van der Waals surface area contributed by atoms with Gasteiger partial charge in [-0.25, -0.2) is 0 Å². The third-order valence-electron chi connectivity index (χ3n) is 13.6. The quantitative estimate of drug-likeness (QED) is 0.0390. The predicted octanol–water partition coefficient (Wildman–Crippen LogP) is 16.6. The highest BCUT2D eigenvalue weighted by Gasteiger charge is 2.44. The molecule has 4 heterocycles. The van der Waals surface area contributed by atoms with Crippen LogP contribution in [0.1, 0.15) is 218 Å². The lowest BCUT2D eigenvalue weighted by Crippen LogP contribution is -2.55. The molecule has 3 aliphatic heterocycles. The van der Waals surface area contributed by atoms with Gasteiger partial charge in [0.2, 0.25) is 0 Å². The minimum absolute atomic E-state index is 0.0700. The fourth-order valence-electron chi connectivity index (χ4n) is 9.89. The molecule has 2 aromatic rings. The molecule has 0 amide bonds. The molecular formula is C52H89N2O2P. The van der Waals surface area contributed by atoms with Gasteiger partial charge in [-0.05, 0) is 86.2 Å². The van der Waals surface area contributed by atoms with Crippen LogP contribution in [0.3, 0.4) is 0 Å². The summed E-state index contributed by atoms with van der Waals surface area (Å²) >= 11 is 0. The summed E-state index contributed by atoms with van der Waals surface area (Å²) in [6.45, 7) is 11.2. The summed E-state index contributed by atoms with van der Waals surface area (Å²) in [4.78, 5) is 7.56. The first-order valence-electron chi connectivity index (χ1n) is 24.9. The van der Waals surface area contributed by atoms with Crippen LogP contribution in [0.4, 0.5) is 0 Å². The molecule has 5 rings (SSSR count). The van der Waals surface area contributed by atoms with E-state index in [9.17, 15) is 0 Å². The highest BCUT2D eigenvalue weighted by molar-refractivity contribution is 7.52. The zero-order valence-corrected chi connectivity index (χ0v) is 38.6. The molecule has 3 aliphatic rings. The third kappa shape index (κ3) is 18.4. The molecule has 0 saturated carbocycles. The molecule has 3 saturated heterocycles. The van der Waals surface area contributed by atoms with Gasteiger partial charge in [0.25, 0.3) is 0 Å². The number of methoxy groups -OCH3 is 1. The van der Waals surface area contributed by atoms with Crippen LogP contribution in [0.5, 0.6) is 5.75 Å². The zero-order chi connectivity index (χ0) is 40.2. The Bertz CT molecular complexity index is 1270. The summed E-state index contributed by atoms with van der Waals surface area (Å²) in [6, 6.07) is 9.07. The lowest BCUT2D eigenvalue weighted by Gasteiger charge is -2.51. The van der Waals surface area contributed by atoms with Crippen LogP contribution in [0.15, 0.2) is 43.1 Å². The molecule has 2 bridgehead atoms. The fourth-order valence-corrected chi connectivity index (χ4v) is 12.1. The molecule has 0 aliphatic carbocycles. The Hall–Kier alpha value is -1.48. The lowest BCUT2D eigenvalue weighted by atomic mass is 9.73. The van der Waals surface area contributed by atoms with E-state index in [1.54, 1.807) is 7.11 Å². The second-order valence-electron chi connectivity index (χ2n) is 18.2. The predicted molar refractivity (Wildman–Crippen MR) is 251 cm³/mol. The van der Waals surface area contributed by atoms with Gasteiger partial charge in [-0.2, -0.15) is 0 Å². The van der Waals surface area contributed by atoms with E-state index in [1.807, 2.05) is 12.3 Å². The normalized spacial score (nSPS) is 19.8. The number of pyridine rings is 1. The van der Waals surface area contributed by atoms with Crippen LogP contribution in [0.25, 0.3) is 10.9 Å². The lowest BCUT2D eigenvalue weighted by molar-refractivity contribution is -0.0328. The van der Waals surface area contributed by atoms with Gasteiger partial charge in [-0.15, -0.1) is 6.58 Å². The molecule has 57 heavy (non-hydrogen) atoms. The van der Waals surface area contributed by atoms with Crippen LogP contribution < -0.4 is 4.74 Å². The van der Waals surface area contributed by atoms with Gasteiger partial charge in [0, 0.05) is 32.3 Å². The zero-order valence-electron chi connectivity index (χ0n) is 37.7. The average molecular weight is 805 g/mol. The van der Waals surface area contributed by atoms with Crippen molar-refractivity contribution in [2.45, 2.75) is 219 Å². The van der Waals surface area contributed by atoms with Crippen molar-refractivity contribution in [3.8, 4) is 5.75 Å². The maximum absolute atomic E-state index is 7.63. The summed E-state index contributed by atoms with van der Waals surface area (Å²) in [5.74, 6) is 2.23. The third-order valence-corrected chi connectivity index (χ3v) is 15.7. The Morgan fingerprint density at radius 1 is 0.702 bits per heavy atom. The Morgan fingerprint density at radius 2 is 1.19 bits per heavy atom. The number of fused-ring (bicyclic) bond motifs is 4. The van der Waals surface area contributed by atoms with Gasteiger partial charge >= 0.3 is 0 Å². The number of piperidine rings is 3. The molecule has 5 heteroatoms. The number of rotatable bonds is 36. The summed E-state index contributed by atoms with van der Waals surface area (Å²) in [5, 5.41) is 1.20. The van der Waals surface area contributed by atoms with Crippen molar-refractivity contribution in [1.29, 1.82) is 0 Å². The molecule has 4 unspecified atom stereocenters.